The average molecular weight is 276 g/mol. The largest absolute Gasteiger partial charge is 0.345 e. The van der Waals surface area contributed by atoms with E-state index in [0.29, 0.717) is 6.42 Å². The van der Waals surface area contributed by atoms with Gasteiger partial charge in [-0.1, -0.05) is 6.92 Å². The van der Waals surface area contributed by atoms with Crippen molar-refractivity contribution in [3.05, 3.63) is 0 Å². The zero-order valence-corrected chi connectivity index (χ0v) is 11.8. The van der Waals surface area contributed by atoms with Crippen LogP contribution in [-0.4, -0.2) is 55.3 Å². The average Bonchev–Trinajstić information content (AvgIpc) is 2.23. The topological polar surface area (TPSA) is 83.6 Å². The smallest absolute Gasteiger partial charge is 0.245 e. The molecule has 1 saturated heterocycles. The number of hydrogen-bond donors (Lipinski definition) is 1. The molecule has 0 unspecified atom stereocenters. The molecule has 1 aliphatic rings. The van der Waals surface area contributed by atoms with E-state index in [1.807, 2.05) is 0 Å². The first-order valence-electron chi connectivity index (χ1n) is 6.00. The third-order valence-electron chi connectivity index (χ3n) is 3.07. The van der Waals surface area contributed by atoms with Crippen LogP contribution in [0, 0.1) is 0 Å². The molecule has 18 heavy (non-hydrogen) atoms. The molecule has 1 fully saturated rings. The molecule has 7 heteroatoms. The number of carbonyl (C=O) groups is 2. The van der Waals surface area contributed by atoms with Crippen molar-refractivity contribution in [2.45, 2.75) is 32.7 Å². The summed E-state index contributed by atoms with van der Waals surface area (Å²) in [5.74, 6) is -0.480. The minimum absolute atomic E-state index is 0.0594. The monoisotopic (exact) mass is 276 g/mol. The number of rotatable bonds is 5. The first-order valence-corrected chi connectivity index (χ1v) is 7.82. The fourth-order valence-corrected chi connectivity index (χ4v) is 3.24. The summed E-state index contributed by atoms with van der Waals surface area (Å²) >= 11 is 0. The van der Waals surface area contributed by atoms with Gasteiger partial charge in [0.1, 0.15) is 5.54 Å². The highest BCUT2D eigenvalue weighted by Crippen LogP contribution is 2.18. The van der Waals surface area contributed by atoms with E-state index in [2.05, 4.69) is 5.32 Å². The highest BCUT2D eigenvalue weighted by Gasteiger charge is 2.41. The molecular formula is C11H20N2O4S. The number of amides is 2. The highest BCUT2D eigenvalue weighted by atomic mass is 32.2. The van der Waals surface area contributed by atoms with Crippen molar-refractivity contribution in [1.29, 1.82) is 0 Å². The number of nitrogens with one attached hydrogen (secondary N) is 1. The Hall–Kier alpha value is -1.11. The van der Waals surface area contributed by atoms with E-state index < -0.39 is 15.4 Å². The second-order valence-electron chi connectivity index (χ2n) is 4.94. The maximum atomic E-state index is 11.7. The molecule has 0 atom stereocenters. The van der Waals surface area contributed by atoms with Gasteiger partial charge < -0.3 is 10.2 Å². The van der Waals surface area contributed by atoms with E-state index in [1.165, 1.54) is 4.90 Å². The van der Waals surface area contributed by atoms with Crippen molar-refractivity contribution < 1.29 is 18.0 Å². The van der Waals surface area contributed by atoms with Gasteiger partial charge in [0.2, 0.25) is 11.8 Å². The van der Waals surface area contributed by atoms with Crippen LogP contribution < -0.4 is 5.32 Å². The third-order valence-corrected chi connectivity index (χ3v) is 4.91. The van der Waals surface area contributed by atoms with Gasteiger partial charge in [-0.25, -0.2) is 8.42 Å². The van der Waals surface area contributed by atoms with Crippen LogP contribution in [0.1, 0.15) is 27.2 Å². The summed E-state index contributed by atoms with van der Waals surface area (Å²) < 4.78 is 23.3. The zero-order chi connectivity index (χ0) is 14.0. The van der Waals surface area contributed by atoms with E-state index in [1.54, 1.807) is 20.8 Å². The van der Waals surface area contributed by atoms with Crippen molar-refractivity contribution in [1.82, 2.24) is 10.2 Å². The van der Waals surface area contributed by atoms with Gasteiger partial charge in [-0.3, -0.25) is 9.59 Å². The van der Waals surface area contributed by atoms with Crippen LogP contribution >= 0.6 is 0 Å². The highest BCUT2D eigenvalue weighted by molar-refractivity contribution is 7.91. The van der Waals surface area contributed by atoms with Crippen molar-refractivity contribution in [3.8, 4) is 0 Å². The van der Waals surface area contributed by atoms with Crippen LogP contribution in [0.15, 0.2) is 0 Å². The summed E-state index contributed by atoms with van der Waals surface area (Å²) in [4.78, 5) is 24.8. The van der Waals surface area contributed by atoms with Gasteiger partial charge in [0, 0.05) is 12.3 Å². The van der Waals surface area contributed by atoms with Crippen molar-refractivity contribution in [3.63, 3.8) is 0 Å². The summed E-state index contributed by atoms with van der Waals surface area (Å²) in [6, 6.07) is 0. The van der Waals surface area contributed by atoms with Crippen LogP contribution in [0.5, 0.6) is 0 Å². The van der Waals surface area contributed by atoms with Crippen LogP contribution in [0.25, 0.3) is 0 Å². The summed E-state index contributed by atoms with van der Waals surface area (Å²) in [7, 11) is -3.15. The Balaban J connectivity index is 2.75. The molecule has 1 heterocycles. The lowest BCUT2D eigenvalue weighted by Crippen LogP contribution is -2.65. The Morgan fingerprint density at radius 3 is 2.44 bits per heavy atom. The SMILES string of the molecule is CCCS(=O)(=O)CCN1C(=O)CNC(=O)C1(C)C. The van der Waals surface area contributed by atoms with Gasteiger partial charge in [0.25, 0.3) is 0 Å². The van der Waals surface area contributed by atoms with Crippen LogP contribution in [-0.2, 0) is 19.4 Å². The number of carbonyl (C=O) groups excluding carboxylic acids is 2. The molecular weight excluding hydrogens is 256 g/mol. The fraction of sp³-hybridized carbons (Fsp3) is 0.818. The Bertz CT molecular complexity index is 442. The van der Waals surface area contributed by atoms with Crippen LogP contribution in [0.4, 0.5) is 0 Å². The maximum absolute atomic E-state index is 11.7. The first kappa shape index (κ1) is 14.9. The summed E-state index contributed by atoms with van der Waals surface area (Å²) in [6.45, 7) is 5.04. The molecule has 0 saturated carbocycles. The lowest BCUT2D eigenvalue weighted by molar-refractivity contribution is -0.150. The fourth-order valence-electron chi connectivity index (χ4n) is 1.95. The van der Waals surface area contributed by atoms with Gasteiger partial charge in [0.15, 0.2) is 9.84 Å². The predicted molar refractivity (Wildman–Crippen MR) is 67.7 cm³/mol. The van der Waals surface area contributed by atoms with Crippen molar-refractivity contribution in [2.24, 2.45) is 0 Å². The Labute approximate surface area is 108 Å². The van der Waals surface area contributed by atoms with Gasteiger partial charge in [-0.2, -0.15) is 0 Å². The van der Waals surface area contributed by atoms with E-state index in [0.717, 1.165) is 0 Å². The summed E-state index contributed by atoms with van der Waals surface area (Å²) in [5.41, 5.74) is -0.989. The van der Waals surface area contributed by atoms with Crippen LogP contribution in [0.3, 0.4) is 0 Å². The molecule has 1 rings (SSSR count). The maximum Gasteiger partial charge on any atom is 0.245 e. The van der Waals surface area contributed by atoms with Crippen molar-refractivity contribution >= 4 is 21.7 Å². The molecule has 6 nitrogen and oxygen atoms in total. The van der Waals surface area contributed by atoms with Crippen LogP contribution in [0.2, 0.25) is 0 Å². The summed E-state index contributed by atoms with van der Waals surface area (Å²) in [6.07, 6.45) is 0.556. The lowest BCUT2D eigenvalue weighted by Gasteiger charge is -2.40. The van der Waals surface area contributed by atoms with Gasteiger partial charge in [-0.15, -0.1) is 0 Å². The third kappa shape index (κ3) is 3.22. The molecule has 1 aliphatic heterocycles. The molecule has 104 valence electrons. The zero-order valence-electron chi connectivity index (χ0n) is 11.0. The van der Waals surface area contributed by atoms with Gasteiger partial charge in [-0.05, 0) is 20.3 Å². The number of piperazine rings is 1. The van der Waals surface area contributed by atoms with Gasteiger partial charge >= 0.3 is 0 Å². The molecule has 0 radical (unpaired) electrons. The second kappa shape index (κ2) is 5.26. The second-order valence-corrected chi connectivity index (χ2v) is 7.24. The van der Waals surface area contributed by atoms with E-state index in [9.17, 15) is 18.0 Å². The first-order chi connectivity index (χ1) is 8.20. The van der Waals surface area contributed by atoms with E-state index in [4.69, 9.17) is 0 Å². The number of sulfone groups is 1. The number of hydrogen-bond acceptors (Lipinski definition) is 4. The minimum Gasteiger partial charge on any atom is -0.345 e. The van der Waals surface area contributed by atoms with E-state index in [-0.39, 0.29) is 36.4 Å². The Morgan fingerprint density at radius 2 is 1.89 bits per heavy atom. The molecule has 0 bridgehead atoms. The molecule has 0 aliphatic carbocycles. The molecule has 0 aromatic heterocycles. The van der Waals surface area contributed by atoms with Gasteiger partial charge in [0.05, 0.1) is 12.3 Å². The molecule has 0 aromatic carbocycles. The molecule has 0 spiro atoms. The predicted octanol–water partition coefficient (Wildman–Crippen LogP) is -0.452. The normalized spacial score (nSPS) is 19.8. The molecule has 1 N–H and O–H groups in total. The summed E-state index contributed by atoms with van der Waals surface area (Å²) in [5, 5.41) is 2.49. The quantitative estimate of drug-likeness (QED) is 0.737. The number of nitrogens with zero attached hydrogens (tertiary/aromatic N) is 1. The Morgan fingerprint density at radius 1 is 1.28 bits per heavy atom. The minimum atomic E-state index is -3.15. The molecule has 0 aromatic rings. The Kier molecular flexibility index (Phi) is 4.37. The van der Waals surface area contributed by atoms with E-state index >= 15 is 0 Å². The van der Waals surface area contributed by atoms with Crippen molar-refractivity contribution in [2.75, 3.05) is 24.6 Å². The molecule has 2 amide bonds. The lowest BCUT2D eigenvalue weighted by atomic mass is 9.99. The standard InChI is InChI=1S/C11H20N2O4S/c1-4-6-18(16,17)7-5-13-9(14)8-12-10(15)11(13,2)3/h4-8H2,1-3H3,(H,12,15).